The number of aliphatic hydroxyl groups excluding tert-OH is 1. The van der Waals surface area contributed by atoms with Crippen molar-refractivity contribution in [1.82, 2.24) is 4.98 Å². The summed E-state index contributed by atoms with van der Waals surface area (Å²) in [5.41, 5.74) is 10.5. The van der Waals surface area contributed by atoms with Crippen LogP contribution in [0.3, 0.4) is 0 Å². The van der Waals surface area contributed by atoms with Crippen molar-refractivity contribution in [2.75, 3.05) is 6.54 Å². The summed E-state index contributed by atoms with van der Waals surface area (Å²) in [6, 6.07) is 14.0. The first-order chi connectivity index (χ1) is 12.6. The lowest BCUT2D eigenvalue weighted by atomic mass is 9.92. The second kappa shape index (κ2) is 7.82. The Labute approximate surface area is 167 Å². The van der Waals surface area contributed by atoms with Crippen LogP contribution in [0.25, 0.3) is 32.1 Å². The molecule has 4 rings (SSSR count). The van der Waals surface area contributed by atoms with Crippen LogP contribution in [-0.4, -0.2) is 16.6 Å². The fraction of sp³-hybridized carbons (Fsp3) is 0.190. The number of pyridine rings is 1. The summed E-state index contributed by atoms with van der Waals surface area (Å²) in [6.45, 7) is 2.65. The number of aliphatic hydroxyl groups is 1. The van der Waals surface area contributed by atoms with Gasteiger partial charge in [0, 0.05) is 16.3 Å². The Morgan fingerprint density at radius 2 is 1.89 bits per heavy atom. The van der Waals surface area contributed by atoms with Crippen LogP contribution in [0.4, 0.5) is 0 Å². The van der Waals surface area contributed by atoms with Crippen molar-refractivity contribution < 1.29 is 5.11 Å². The molecule has 6 heteroatoms. The third-order valence-corrected chi connectivity index (χ3v) is 5.89. The molecule has 2 aromatic carbocycles. The maximum Gasteiger partial charge on any atom is 0.266 e. The van der Waals surface area contributed by atoms with Crippen LogP contribution in [0.2, 0.25) is 0 Å². The van der Waals surface area contributed by atoms with Crippen LogP contribution in [0, 0.1) is 0 Å². The average Bonchev–Trinajstić information content (AvgIpc) is 3.17. The quantitative estimate of drug-likeness (QED) is 0.475. The normalized spacial score (nSPS) is 12.3. The van der Waals surface area contributed by atoms with Crippen molar-refractivity contribution in [2.45, 2.75) is 19.4 Å². The molecule has 27 heavy (non-hydrogen) atoms. The lowest BCUT2D eigenvalue weighted by Crippen LogP contribution is -2.08. The van der Waals surface area contributed by atoms with Crippen LogP contribution in [0.5, 0.6) is 0 Å². The minimum atomic E-state index is -0.0719. The van der Waals surface area contributed by atoms with Gasteiger partial charge in [-0.1, -0.05) is 37.3 Å². The number of aromatic amines is 1. The van der Waals surface area contributed by atoms with Gasteiger partial charge < -0.3 is 15.8 Å². The number of nitrogens with two attached hydrogens (primary N) is 1. The predicted octanol–water partition coefficient (Wildman–Crippen LogP) is 4.39. The lowest BCUT2D eigenvalue weighted by molar-refractivity contribution is 0.282. The van der Waals surface area contributed by atoms with E-state index in [0.29, 0.717) is 17.2 Å². The third-order valence-electron chi connectivity index (χ3n) is 4.97. The molecule has 4 nitrogen and oxygen atoms in total. The highest BCUT2D eigenvalue weighted by molar-refractivity contribution is 7.17. The van der Waals surface area contributed by atoms with E-state index in [1.165, 1.54) is 16.9 Å². The fourth-order valence-corrected chi connectivity index (χ4v) is 4.26. The van der Waals surface area contributed by atoms with Gasteiger partial charge in [-0.2, -0.15) is 0 Å². The summed E-state index contributed by atoms with van der Waals surface area (Å²) in [4.78, 5) is 15.3. The van der Waals surface area contributed by atoms with Gasteiger partial charge in [-0.3, -0.25) is 4.79 Å². The average molecular weight is 401 g/mol. The number of benzene rings is 2. The van der Waals surface area contributed by atoms with E-state index in [1.807, 2.05) is 23.6 Å². The van der Waals surface area contributed by atoms with Gasteiger partial charge in [-0.05, 0) is 52.2 Å². The van der Waals surface area contributed by atoms with Crippen molar-refractivity contribution in [2.24, 2.45) is 5.73 Å². The maximum atomic E-state index is 12.3. The Hall–Kier alpha value is -2.18. The highest BCUT2D eigenvalue weighted by Crippen LogP contribution is 2.37. The molecule has 1 unspecified atom stereocenters. The molecule has 0 aliphatic rings. The van der Waals surface area contributed by atoms with Gasteiger partial charge in [0.05, 0.1) is 6.61 Å². The Morgan fingerprint density at radius 1 is 1.15 bits per heavy atom. The zero-order valence-corrected chi connectivity index (χ0v) is 16.5. The number of rotatable bonds is 4. The number of thiophene rings is 1. The number of halogens is 1. The number of hydrogen-bond acceptors (Lipinski definition) is 4. The largest absolute Gasteiger partial charge is 0.392 e. The number of fused-ring (bicyclic) bond motifs is 3. The van der Waals surface area contributed by atoms with E-state index in [2.05, 4.69) is 36.2 Å². The second-order valence-electron chi connectivity index (χ2n) is 6.56. The molecular weight excluding hydrogens is 380 g/mol. The zero-order chi connectivity index (χ0) is 18.3. The summed E-state index contributed by atoms with van der Waals surface area (Å²) in [5, 5.41) is 13.8. The van der Waals surface area contributed by atoms with Crippen LogP contribution in [-0.2, 0) is 6.61 Å². The first-order valence-electron chi connectivity index (χ1n) is 8.60. The molecule has 0 radical (unpaired) electrons. The number of hydrogen-bond donors (Lipinski definition) is 3. The first kappa shape index (κ1) is 19.6. The molecule has 0 aliphatic heterocycles. The van der Waals surface area contributed by atoms with E-state index in [4.69, 9.17) is 5.73 Å². The summed E-state index contributed by atoms with van der Waals surface area (Å²) < 4.78 is 0.710. The maximum absolute atomic E-state index is 12.3. The van der Waals surface area contributed by atoms with Gasteiger partial charge in [0.2, 0.25) is 0 Å². The van der Waals surface area contributed by atoms with Gasteiger partial charge in [0.1, 0.15) is 4.70 Å². The van der Waals surface area contributed by atoms with E-state index in [9.17, 15) is 9.90 Å². The van der Waals surface area contributed by atoms with Crippen molar-refractivity contribution in [1.29, 1.82) is 0 Å². The smallest absolute Gasteiger partial charge is 0.266 e. The molecule has 0 spiro atoms. The molecule has 2 heterocycles. The summed E-state index contributed by atoms with van der Waals surface area (Å²) in [5.74, 6) is 0.300. The second-order valence-corrected chi connectivity index (χ2v) is 7.47. The molecule has 0 bridgehead atoms. The van der Waals surface area contributed by atoms with E-state index in [-0.39, 0.29) is 24.6 Å². The molecule has 0 saturated heterocycles. The van der Waals surface area contributed by atoms with Crippen LogP contribution < -0.4 is 11.3 Å². The van der Waals surface area contributed by atoms with Crippen molar-refractivity contribution in [3.8, 4) is 11.1 Å². The Balaban J connectivity index is 0.00000210. The minimum absolute atomic E-state index is 0. The molecule has 0 amide bonds. The first-order valence-corrected chi connectivity index (χ1v) is 9.48. The Kier molecular flexibility index (Phi) is 5.67. The minimum Gasteiger partial charge on any atom is -0.392 e. The van der Waals surface area contributed by atoms with Gasteiger partial charge in [-0.25, -0.2) is 0 Å². The highest BCUT2D eigenvalue weighted by Gasteiger charge is 2.15. The predicted molar refractivity (Wildman–Crippen MR) is 116 cm³/mol. The SMILES string of the molecule is CC(CN)c1ccc(-c2c(CO)ccc3[nH]c(=O)c4sccc4c23)cc1.Cl. The summed E-state index contributed by atoms with van der Waals surface area (Å²) in [7, 11) is 0. The molecule has 140 valence electrons. The monoisotopic (exact) mass is 400 g/mol. The number of aromatic nitrogens is 1. The molecule has 4 aromatic rings. The van der Waals surface area contributed by atoms with Gasteiger partial charge in [0.25, 0.3) is 5.56 Å². The Bertz CT molecular complexity index is 1150. The summed E-state index contributed by atoms with van der Waals surface area (Å²) in [6.07, 6.45) is 0. The molecule has 0 fully saturated rings. The molecule has 4 N–H and O–H groups in total. The van der Waals surface area contributed by atoms with E-state index in [0.717, 1.165) is 33.0 Å². The topological polar surface area (TPSA) is 79.1 Å². The molecular formula is C21H21ClN2O2S. The van der Waals surface area contributed by atoms with Crippen LogP contribution in [0.1, 0.15) is 24.0 Å². The van der Waals surface area contributed by atoms with Gasteiger partial charge in [0.15, 0.2) is 0 Å². The fourth-order valence-electron chi connectivity index (χ4n) is 3.47. The molecule has 0 saturated carbocycles. The van der Waals surface area contributed by atoms with E-state index >= 15 is 0 Å². The van der Waals surface area contributed by atoms with Crippen LogP contribution >= 0.6 is 23.7 Å². The Morgan fingerprint density at radius 3 is 2.56 bits per heavy atom. The number of nitrogens with one attached hydrogen (secondary N) is 1. The zero-order valence-electron chi connectivity index (χ0n) is 14.9. The summed E-state index contributed by atoms with van der Waals surface area (Å²) >= 11 is 1.44. The van der Waals surface area contributed by atoms with E-state index < -0.39 is 0 Å². The highest BCUT2D eigenvalue weighted by atomic mass is 35.5. The van der Waals surface area contributed by atoms with Crippen LogP contribution in [0.15, 0.2) is 52.6 Å². The number of H-pyrrole nitrogens is 1. The van der Waals surface area contributed by atoms with Gasteiger partial charge >= 0.3 is 0 Å². The third kappa shape index (κ3) is 3.28. The lowest BCUT2D eigenvalue weighted by Gasteiger charge is -2.15. The molecule has 0 aliphatic carbocycles. The van der Waals surface area contributed by atoms with E-state index in [1.54, 1.807) is 0 Å². The van der Waals surface area contributed by atoms with Crippen molar-refractivity contribution >= 4 is 44.7 Å². The van der Waals surface area contributed by atoms with Gasteiger partial charge in [-0.15, -0.1) is 23.7 Å². The molecule has 1 atom stereocenters. The standard InChI is InChI=1S/C21H20N2O2S.ClH/c1-12(10-22)13-2-4-14(5-3-13)18-15(11-24)6-7-17-19(18)16-8-9-26-20(16)21(25)23-17;/h2-9,12,24H,10-11,22H2,1H3,(H,23,25);1H. The van der Waals surface area contributed by atoms with Crippen molar-refractivity contribution in [3.63, 3.8) is 0 Å². The van der Waals surface area contributed by atoms with Crippen molar-refractivity contribution in [3.05, 3.63) is 69.3 Å². The molecule has 2 aromatic heterocycles.